The van der Waals surface area contributed by atoms with Crippen LogP contribution >= 0.6 is 11.8 Å². The summed E-state index contributed by atoms with van der Waals surface area (Å²) in [6.45, 7) is 4.81. The van der Waals surface area contributed by atoms with Crippen molar-refractivity contribution in [3.05, 3.63) is 0 Å². The number of nitrogens with one attached hydrogen (secondary N) is 2. The maximum Gasteiger partial charge on any atom is 0.224 e. The summed E-state index contributed by atoms with van der Waals surface area (Å²) in [5.74, 6) is 2.14. The first-order valence-corrected chi connectivity index (χ1v) is 7.62. The van der Waals surface area contributed by atoms with Gasteiger partial charge in [0.05, 0.1) is 5.92 Å². The highest BCUT2D eigenvalue weighted by Gasteiger charge is 2.28. The van der Waals surface area contributed by atoms with E-state index >= 15 is 0 Å². The molecular formula is C12H24N2OS. The Labute approximate surface area is 103 Å². The molecule has 1 saturated heterocycles. The van der Waals surface area contributed by atoms with E-state index in [0.717, 1.165) is 26.1 Å². The lowest BCUT2D eigenvalue weighted by atomic mass is 9.97. The minimum Gasteiger partial charge on any atom is -0.356 e. The maximum atomic E-state index is 11.8. The van der Waals surface area contributed by atoms with Gasteiger partial charge in [0.15, 0.2) is 0 Å². The third-order valence-corrected chi connectivity index (χ3v) is 3.88. The highest BCUT2D eigenvalue weighted by Crippen LogP contribution is 2.15. The summed E-state index contributed by atoms with van der Waals surface area (Å²) in [5, 5.41) is 6.30. The van der Waals surface area contributed by atoms with Crippen molar-refractivity contribution in [1.82, 2.24) is 10.6 Å². The second kappa shape index (κ2) is 7.96. The van der Waals surface area contributed by atoms with Gasteiger partial charge in [0.1, 0.15) is 0 Å². The Balaban J connectivity index is 2.02. The fourth-order valence-electron chi connectivity index (χ4n) is 2.05. The van der Waals surface area contributed by atoms with Gasteiger partial charge in [0.25, 0.3) is 0 Å². The van der Waals surface area contributed by atoms with Gasteiger partial charge in [-0.15, -0.1) is 0 Å². The van der Waals surface area contributed by atoms with Crippen molar-refractivity contribution < 1.29 is 4.79 Å². The highest BCUT2D eigenvalue weighted by molar-refractivity contribution is 7.98. The summed E-state index contributed by atoms with van der Waals surface area (Å²) in [6, 6.07) is 0. The van der Waals surface area contributed by atoms with Crippen LogP contribution in [0.1, 0.15) is 26.2 Å². The zero-order valence-electron chi connectivity index (χ0n) is 10.4. The van der Waals surface area contributed by atoms with E-state index in [2.05, 4.69) is 23.8 Å². The van der Waals surface area contributed by atoms with Gasteiger partial charge in [0.2, 0.25) is 5.91 Å². The topological polar surface area (TPSA) is 41.1 Å². The maximum absolute atomic E-state index is 11.8. The summed E-state index contributed by atoms with van der Waals surface area (Å²) < 4.78 is 0. The smallest absolute Gasteiger partial charge is 0.224 e. The molecule has 0 aliphatic carbocycles. The molecule has 0 bridgehead atoms. The molecule has 2 atom stereocenters. The van der Waals surface area contributed by atoms with E-state index in [9.17, 15) is 4.79 Å². The highest BCUT2D eigenvalue weighted by atomic mass is 32.2. The monoisotopic (exact) mass is 244 g/mol. The van der Waals surface area contributed by atoms with Crippen LogP contribution in [0, 0.1) is 11.8 Å². The fraction of sp³-hybridized carbons (Fsp3) is 0.917. The van der Waals surface area contributed by atoms with Crippen LogP contribution in [-0.4, -0.2) is 37.6 Å². The SMILES string of the molecule is CSCCCCCNC(=O)C1CNCC1C. The Kier molecular flexibility index (Phi) is 6.88. The molecule has 1 aliphatic rings. The van der Waals surface area contributed by atoms with Crippen molar-refractivity contribution in [3.8, 4) is 0 Å². The second-order valence-corrected chi connectivity index (χ2v) is 5.57. The molecule has 0 radical (unpaired) electrons. The Morgan fingerprint density at radius 3 is 2.81 bits per heavy atom. The number of hydrogen-bond acceptors (Lipinski definition) is 3. The molecule has 2 N–H and O–H groups in total. The Morgan fingerprint density at radius 2 is 2.19 bits per heavy atom. The molecule has 16 heavy (non-hydrogen) atoms. The van der Waals surface area contributed by atoms with Crippen molar-refractivity contribution in [1.29, 1.82) is 0 Å². The lowest BCUT2D eigenvalue weighted by Gasteiger charge is -2.13. The van der Waals surface area contributed by atoms with Crippen LogP contribution in [-0.2, 0) is 4.79 Å². The van der Waals surface area contributed by atoms with E-state index in [1.807, 2.05) is 11.8 Å². The van der Waals surface area contributed by atoms with Crippen molar-refractivity contribution in [3.63, 3.8) is 0 Å². The predicted octanol–water partition coefficient (Wildman–Crippen LogP) is 1.49. The quantitative estimate of drug-likeness (QED) is 0.667. The second-order valence-electron chi connectivity index (χ2n) is 4.59. The number of amides is 1. The number of carbonyl (C=O) groups is 1. The fourth-order valence-corrected chi connectivity index (χ4v) is 2.54. The standard InChI is InChI=1S/C12H24N2OS/c1-10-8-13-9-11(10)12(15)14-6-4-3-5-7-16-2/h10-11,13H,3-9H2,1-2H3,(H,14,15). The molecule has 0 aromatic carbocycles. The number of carbonyl (C=O) groups excluding carboxylic acids is 1. The van der Waals surface area contributed by atoms with E-state index in [0.29, 0.717) is 5.92 Å². The molecule has 0 aromatic heterocycles. The summed E-state index contributed by atoms with van der Waals surface area (Å²) in [6.07, 6.45) is 5.73. The van der Waals surface area contributed by atoms with Crippen LogP contribution in [0.3, 0.4) is 0 Å². The minimum absolute atomic E-state index is 0.186. The van der Waals surface area contributed by atoms with E-state index in [4.69, 9.17) is 0 Å². The minimum atomic E-state index is 0.186. The van der Waals surface area contributed by atoms with Gasteiger partial charge in [0, 0.05) is 13.1 Å². The van der Waals surface area contributed by atoms with Crippen LogP contribution < -0.4 is 10.6 Å². The molecule has 1 aliphatic heterocycles. The summed E-state index contributed by atoms with van der Waals surface area (Å²) in [4.78, 5) is 11.8. The van der Waals surface area contributed by atoms with Crippen LogP contribution in [0.25, 0.3) is 0 Å². The van der Waals surface area contributed by atoms with Crippen molar-refractivity contribution in [2.75, 3.05) is 31.6 Å². The molecule has 1 heterocycles. The molecule has 0 saturated carbocycles. The number of hydrogen-bond donors (Lipinski definition) is 2. The van der Waals surface area contributed by atoms with E-state index < -0.39 is 0 Å². The molecule has 4 heteroatoms. The van der Waals surface area contributed by atoms with Gasteiger partial charge in [-0.05, 0) is 37.3 Å². The Morgan fingerprint density at radius 1 is 1.38 bits per heavy atom. The lowest BCUT2D eigenvalue weighted by Crippen LogP contribution is -2.34. The first kappa shape index (κ1) is 13.8. The molecular weight excluding hydrogens is 220 g/mol. The third-order valence-electron chi connectivity index (χ3n) is 3.18. The molecule has 3 nitrogen and oxygen atoms in total. The normalized spacial score (nSPS) is 24.6. The van der Waals surface area contributed by atoms with Crippen LogP contribution in [0.15, 0.2) is 0 Å². The summed E-state index contributed by atoms with van der Waals surface area (Å²) in [5.41, 5.74) is 0. The molecule has 1 amide bonds. The Bertz CT molecular complexity index is 211. The largest absolute Gasteiger partial charge is 0.356 e. The summed E-state index contributed by atoms with van der Waals surface area (Å²) >= 11 is 1.89. The van der Waals surface area contributed by atoms with Gasteiger partial charge in [-0.3, -0.25) is 4.79 Å². The van der Waals surface area contributed by atoms with Gasteiger partial charge < -0.3 is 10.6 Å². The number of rotatable bonds is 7. The number of thioether (sulfide) groups is 1. The first-order chi connectivity index (χ1) is 7.75. The van der Waals surface area contributed by atoms with E-state index in [1.54, 1.807) is 0 Å². The van der Waals surface area contributed by atoms with Crippen LogP contribution in [0.5, 0.6) is 0 Å². The van der Waals surface area contributed by atoms with Gasteiger partial charge in [-0.2, -0.15) is 11.8 Å². The van der Waals surface area contributed by atoms with Crippen molar-refractivity contribution >= 4 is 17.7 Å². The van der Waals surface area contributed by atoms with Crippen molar-refractivity contribution in [2.45, 2.75) is 26.2 Å². The van der Waals surface area contributed by atoms with Gasteiger partial charge >= 0.3 is 0 Å². The van der Waals surface area contributed by atoms with Crippen LogP contribution in [0.2, 0.25) is 0 Å². The summed E-state index contributed by atoms with van der Waals surface area (Å²) in [7, 11) is 0. The third kappa shape index (κ3) is 4.74. The van der Waals surface area contributed by atoms with Gasteiger partial charge in [-0.1, -0.05) is 13.3 Å². The zero-order valence-corrected chi connectivity index (χ0v) is 11.2. The van der Waals surface area contributed by atoms with E-state index in [1.165, 1.54) is 18.6 Å². The Hall–Kier alpha value is -0.220. The molecule has 1 fully saturated rings. The first-order valence-electron chi connectivity index (χ1n) is 6.23. The average molecular weight is 244 g/mol. The van der Waals surface area contributed by atoms with Crippen molar-refractivity contribution in [2.24, 2.45) is 11.8 Å². The molecule has 1 rings (SSSR count). The lowest BCUT2D eigenvalue weighted by molar-refractivity contribution is -0.125. The zero-order chi connectivity index (χ0) is 11.8. The number of unbranched alkanes of at least 4 members (excludes halogenated alkanes) is 2. The predicted molar refractivity (Wildman–Crippen MR) is 70.8 cm³/mol. The van der Waals surface area contributed by atoms with E-state index in [-0.39, 0.29) is 11.8 Å². The van der Waals surface area contributed by atoms with Crippen LogP contribution in [0.4, 0.5) is 0 Å². The molecule has 0 spiro atoms. The average Bonchev–Trinajstić information content (AvgIpc) is 2.69. The molecule has 0 aromatic rings. The molecule has 2 unspecified atom stereocenters. The molecule has 94 valence electrons. The van der Waals surface area contributed by atoms with Gasteiger partial charge in [-0.25, -0.2) is 0 Å².